The first kappa shape index (κ1) is 23.5. The average molecular weight is 583 g/mol. The van der Waals surface area contributed by atoms with Crippen LogP contribution >= 0.6 is 38.6 Å². The third-order valence-electron chi connectivity index (χ3n) is 5.70. The molecule has 6 aromatic rings. The first-order valence-corrected chi connectivity index (χ1v) is 14.0. The number of thiophene rings is 1. The lowest BCUT2D eigenvalue weighted by atomic mass is 10.1. The third kappa shape index (κ3) is 5.04. The molecule has 0 spiro atoms. The number of hydrogen-bond donors (Lipinski definition) is 0. The summed E-state index contributed by atoms with van der Waals surface area (Å²) in [7, 11) is 0. The van der Waals surface area contributed by atoms with Crippen LogP contribution in [-0.4, -0.2) is 20.6 Å². The van der Waals surface area contributed by atoms with Crippen molar-refractivity contribution in [3.05, 3.63) is 129 Å². The van der Waals surface area contributed by atoms with Crippen molar-refractivity contribution < 1.29 is 0 Å². The van der Waals surface area contributed by atoms with E-state index < -0.39 is 0 Å². The van der Waals surface area contributed by atoms with Crippen LogP contribution in [0.3, 0.4) is 0 Å². The highest BCUT2D eigenvalue weighted by Crippen LogP contribution is 2.32. The van der Waals surface area contributed by atoms with Gasteiger partial charge in [-0.1, -0.05) is 66.7 Å². The molecule has 0 atom stereocenters. The van der Waals surface area contributed by atoms with Gasteiger partial charge < -0.3 is 0 Å². The van der Waals surface area contributed by atoms with Gasteiger partial charge in [-0.05, 0) is 57.9 Å². The minimum Gasteiger partial charge on any atom is -0.284 e. The topological polar surface area (TPSA) is 47.5 Å². The summed E-state index contributed by atoms with van der Waals surface area (Å²) in [6.07, 6.45) is 3.78. The Morgan fingerprint density at radius 1 is 0.784 bits per heavy atom. The van der Waals surface area contributed by atoms with Gasteiger partial charge in [-0.3, -0.25) is 4.57 Å². The van der Waals surface area contributed by atoms with Gasteiger partial charge in [0.1, 0.15) is 5.69 Å². The van der Waals surface area contributed by atoms with E-state index in [2.05, 4.69) is 66.4 Å². The number of aromatic nitrogens is 3. The predicted molar refractivity (Wildman–Crippen MR) is 157 cm³/mol. The van der Waals surface area contributed by atoms with Crippen LogP contribution in [0.25, 0.3) is 33.2 Å². The fraction of sp³-hybridized carbons (Fsp3) is 0. The van der Waals surface area contributed by atoms with Gasteiger partial charge in [0.25, 0.3) is 0 Å². The highest BCUT2D eigenvalue weighted by molar-refractivity contribution is 9.11. The van der Waals surface area contributed by atoms with Crippen LogP contribution in [0.5, 0.6) is 0 Å². The Kier molecular flexibility index (Phi) is 6.77. The standard InChI is InChI=1S/C29H20BrN5S2/c30-27-17-16-26(37-27)28-22(19-34(33-28)23-12-6-2-7-13-23)18-31-32-29-35(24-14-8-3-9-15-24)25(20-36-29)21-10-4-1-5-11-21/h1-20H/b31-18+,32-29+. The number of halogens is 1. The molecule has 0 N–H and O–H groups in total. The molecule has 0 fully saturated rings. The van der Waals surface area contributed by atoms with E-state index in [1.165, 1.54) is 0 Å². The molecule has 5 nitrogen and oxygen atoms in total. The summed E-state index contributed by atoms with van der Waals surface area (Å²) >= 11 is 6.78. The normalized spacial score (nSPS) is 12.0. The quantitative estimate of drug-likeness (QED) is 0.146. The lowest BCUT2D eigenvalue weighted by Gasteiger charge is -2.08. The van der Waals surface area contributed by atoms with E-state index in [1.807, 2.05) is 83.7 Å². The lowest BCUT2D eigenvalue weighted by molar-refractivity contribution is 0.885. The Morgan fingerprint density at radius 2 is 1.46 bits per heavy atom. The maximum Gasteiger partial charge on any atom is 0.215 e. The molecule has 3 heterocycles. The van der Waals surface area contributed by atoms with Gasteiger partial charge in [0.05, 0.1) is 26.3 Å². The highest BCUT2D eigenvalue weighted by atomic mass is 79.9. The summed E-state index contributed by atoms with van der Waals surface area (Å²) in [5.41, 5.74) is 5.99. The van der Waals surface area contributed by atoms with Crippen LogP contribution in [0.4, 0.5) is 0 Å². The number of rotatable bonds is 6. The van der Waals surface area contributed by atoms with Crippen LogP contribution in [0.15, 0.2) is 129 Å². The molecule has 3 aromatic carbocycles. The number of hydrogen-bond acceptors (Lipinski definition) is 5. The van der Waals surface area contributed by atoms with Crippen LogP contribution in [0.2, 0.25) is 0 Å². The summed E-state index contributed by atoms with van der Waals surface area (Å²) in [4.78, 5) is 1.85. The van der Waals surface area contributed by atoms with Crippen molar-refractivity contribution in [3.63, 3.8) is 0 Å². The molecule has 0 saturated heterocycles. The molecule has 0 aliphatic rings. The summed E-state index contributed by atoms with van der Waals surface area (Å²) in [6, 6.07) is 34.8. The first-order chi connectivity index (χ1) is 18.3. The number of para-hydroxylation sites is 2. The molecule has 8 heteroatoms. The van der Waals surface area contributed by atoms with Gasteiger partial charge in [-0.15, -0.1) is 27.8 Å². The first-order valence-electron chi connectivity index (χ1n) is 11.6. The molecule has 180 valence electrons. The predicted octanol–water partition coefficient (Wildman–Crippen LogP) is 7.82. The average Bonchev–Trinajstić information content (AvgIpc) is 3.69. The minimum absolute atomic E-state index is 0.789. The van der Waals surface area contributed by atoms with Crippen molar-refractivity contribution in [1.29, 1.82) is 0 Å². The zero-order valence-corrected chi connectivity index (χ0v) is 22.7. The van der Waals surface area contributed by atoms with Gasteiger partial charge in [0, 0.05) is 22.8 Å². The molecule has 0 aliphatic carbocycles. The molecule has 0 radical (unpaired) electrons. The zero-order chi connectivity index (χ0) is 25.0. The van der Waals surface area contributed by atoms with Crippen molar-refractivity contribution in [2.45, 2.75) is 0 Å². The largest absolute Gasteiger partial charge is 0.284 e. The molecule has 0 bridgehead atoms. The molecule has 0 amide bonds. The second kappa shape index (κ2) is 10.6. The van der Waals surface area contributed by atoms with Gasteiger partial charge in [0.2, 0.25) is 4.80 Å². The van der Waals surface area contributed by atoms with E-state index in [4.69, 9.17) is 5.10 Å². The van der Waals surface area contributed by atoms with E-state index in [9.17, 15) is 0 Å². The van der Waals surface area contributed by atoms with Crippen LogP contribution in [0.1, 0.15) is 5.56 Å². The Labute approximate surface area is 230 Å². The Hall–Kier alpha value is -3.85. The fourth-order valence-corrected chi connectivity index (χ4v) is 6.24. The van der Waals surface area contributed by atoms with E-state index >= 15 is 0 Å². The van der Waals surface area contributed by atoms with Crippen LogP contribution in [-0.2, 0) is 0 Å². The Bertz CT molecular complexity index is 1730. The maximum absolute atomic E-state index is 4.87. The molecule has 0 unspecified atom stereocenters. The monoisotopic (exact) mass is 581 g/mol. The van der Waals surface area contributed by atoms with Crippen molar-refractivity contribution in [1.82, 2.24) is 14.3 Å². The number of nitrogens with zero attached hydrogens (tertiary/aromatic N) is 5. The van der Waals surface area contributed by atoms with E-state index in [0.717, 1.165) is 47.4 Å². The van der Waals surface area contributed by atoms with Gasteiger partial charge >= 0.3 is 0 Å². The molecule has 37 heavy (non-hydrogen) atoms. The van der Waals surface area contributed by atoms with Gasteiger partial charge in [-0.25, -0.2) is 4.68 Å². The fourth-order valence-electron chi connectivity index (χ4n) is 3.99. The van der Waals surface area contributed by atoms with Crippen LogP contribution in [0, 0.1) is 0 Å². The maximum atomic E-state index is 4.87. The lowest BCUT2D eigenvalue weighted by Crippen LogP contribution is -2.13. The molecular formula is C29H20BrN5S2. The highest BCUT2D eigenvalue weighted by Gasteiger charge is 2.13. The van der Waals surface area contributed by atoms with Gasteiger partial charge in [0.15, 0.2) is 0 Å². The van der Waals surface area contributed by atoms with E-state index in [1.54, 1.807) is 28.9 Å². The van der Waals surface area contributed by atoms with Crippen molar-refractivity contribution >= 4 is 44.8 Å². The summed E-state index contributed by atoms with van der Waals surface area (Å²) in [5, 5.41) is 16.2. The molecule has 0 saturated carbocycles. The molecule has 6 rings (SSSR count). The van der Waals surface area contributed by atoms with E-state index in [-0.39, 0.29) is 0 Å². The van der Waals surface area contributed by atoms with Crippen molar-refractivity contribution in [2.24, 2.45) is 10.2 Å². The van der Waals surface area contributed by atoms with Gasteiger partial charge in [-0.2, -0.15) is 10.2 Å². The summed E-state index contributed by atoms with van der Waals surface area (Å²) in [5.74, 6) is 0. The van der Waals surface area contributed by atoms with Crippen molar-refractivity contribution in [3.8, 4) is 33.2 Å². The van der Waals surface area contributed by atoms with E-state index in [0.29, 0.717) is 0 Å². The number of benzene rings is 3. The second-order valence-corrected chi connectivity index (χ2v) is 11.4. The smallest absolute Gasteiger partial charge is 0.215 e. The Morgan fingerprint density at radius 3 is 2.14 bits per heavy atom. The molecular weight excluding hydrogens is 562 g/mol. The zero-order valence-electron chi connectivity index (χ0n) is 19.5. The van der Waals surface area contributed by atoms with Crippen LogP contribution < -0.4 is 4.80 Å². The minimum atomic E-state index is 0.789. The number of thiazole rings is 1. The summed E-state index contributed by atoms with van der Waals surface area (Å²) < 4.78 is 5.08. The Balaban J connectivity index is 1.44. The molecule has 3 aromatic heterocycles. The molecule has 0 aliphatic heterocycles. The van der Waals surface area contributed by atoms with Crippen molar-refractivity contribution in [2.75, 3.05) is 0 Å². The SMILES string of the molecule is Brc1ccc(-c2nn(-c3ccccc3)cc2/C=N/N=c2/scc(-c3ccccc3)n2-c2ccccc2)s1. The third-order valence-corrected chi connectivity index (χ3v) is 8.15. The second-order valence-electron chi connectivity index (χ2n) is 8.10. The summed E-state index contributed by atoms with van der Waals surface area (Å²) in [6.45, 7) is 0.